The van der Waals surface area contributed by atoms with Crippen molar-refractivity contribution in [2.24, 2.45) is 4.99 Å². The lowest BCUT2D eigenvalue weighted by Crippen LogP contribution is -2.39. The molecule has 0 spiro atoms. The maximum absolute atomic E-state index is 12.5. The van der Waals surface area contributed by atoms with Crippen molar-refractivity contribution in [2.75, 3.05) is 4.90 Å². The molecular formula is C20H15N3O3S. The first-order valence-electron chi connectivity index (χ1n) is 8.21. The van der Waals surface area contributed by atoms with E-state index in [1.807, 2.05) is 26.0 Å². The van der Waals surface area contributed by atoms with Crippen LogP contribution in [0, 0.1) is 19.3 Å². The number of aromatic carboxylic acids is 1. The molecule has 2 N–H and O–H groups in total. The van der Waals surface area contributed by atoms with Crippen molar-refractivity contribution in [3.8, 4) is 0 Å². The first-order chi connectivity index (χ1) is 12.8. The van der Waals surface area contributed by atoms with Gasteiger partial charge in [0.25, 0.3) is 5.91 Å². The number of nitrogens with one attached hydrogen (secondary N) is 1. The monoisotopic (exact) mass is 377 g/mol. The van der Waals surface area contributed by atoms with E-state index in [1.54, 1.807) is 23.1 Å². The molecule has 2 aromatic carbocycles. The van der Waals surface area contributed by atoms with Gasteiger partial charge in [0.05, 0.1) is 16.8 Å². The Bertz CT molecular complexity index is 1080. The van der Waals surface area contributed by atoms with Crippen molar-refractivity contribution in [3.05, 3.63) is 64.2 Å². The highest BCUT2D eigenvalue weighted by Crippen LogP contribution is 2.44. The third-order valence-electron chi connectivity index (χ3n) is 4.58. The van der Waals surface area contributed by atoms with E-state index in [9.17, 15) is 9.59 Å². The molecule has 0 fully saturated rings. The Morgan fingerprint density at radius 2 is 1.85 bits per heavy atom. The lowest BCUT2D eigenvalue weighted by molar-refractivity contribution is -0.113. The van der Waals surface area contributed by atoms with Gasteiger partial charge < -0.3 is 5.11 Å². The van der Waals surface area contributed by atoms with Crippen molar-refractivity contribution in [1.29, 1.82) is 5.41 Å². The van der Waals surface area contributed by atoms with E-state index in [4.69, 9.17) is 10.5 Å². The Balaban J connectivity index is 1.75. The molecule has 0 aliphatic carbocycles. The van der Waals surface area contributed by atoms with Gasteiger partial charge in [0.2, 0.25) is 0 Å². The summed E-state index contributed by atoms with van der Waals surface area (Å²) in [4.78, 5) is 30.3. The molecule has 2 heterocycles. The van der Waals surface area contributed by atoms with Gasteiger partial charge in [-0.3, -0.25) is 15.1 Å². The van der Waals surface area contributed by atoms with E-state index in [0.717, 1.165) is 21.7 Å². The van der Waals surface area contributed by atoms with E-state index in [-0.39, 0.29) is 17.0 Å². The molecule has 2 aliphatic rings. The normalized spacial score (nSPS) is 17.0. The van der Waals surface area contributed by atoms with Crippen LogP contribution < -0.4 is 4.90 Å². The fraction of sp³-hybridized carbons (Fsp3) is 0.100. The third kappa shape index (κ3) is 2.86. The zero-order chi connectivity index (χ0) is 19.3. The van der Waals surface area contributed by atoms with Crippen LogP contribution in [0.25, 0.3) is 6.08 Å². The predicted octanol–water partition coefficient (Wildman–Crippen LogP) is 3.87. The van der Waals surface area contributed by atoms with E-state index < -0.39 is 11.9 Å². The Kier molecular flexibility index (Phi) is 3.96. The molecule has 27 heavy (non-hydrogen) atoms. The summed E-state index contributed by atoms with van der Waals surface area (Å²) in [6.07, 6.45) is 1.57. The van der Waals surface area contributed by atoms with Crippen LogP contribution in [0.4, 0.5) is 5.69 Å². The summed E-state index contributed by atoms with van der Waals surface area (Å²) in [5, 5.41) is 18.0. The van der Waals surface area contributed by atoms with Crippen molar-refractivity contribution in [1.82, 2.24) is 0 Å². The van der Waals surface area contributed by atoms with Gasteiger partial charge in [-0.25, -0.2) is 4.79 Å². The Morgan fingerprint density at radius 1 is 1.19 bits per heavy atom. The molecule has 0 aromatic heterocycles. The summed E-state index contributed by atoms with van der Waals surface area (Å²) in [6.45, 7) is 4.03. The first-order valence-corrected chi connectivity index (χ1v) is 9.03. The van der Waals surface area contributed by atoms with Gasteiger partial charge in [0.15, 0.2) is 5.17 Å². The van der Waals surface area contributed by atoms with Gasteiger partial charge in [-0.1, -0.05) is 12.1 Å². The number of nitrogens with zero attached hydrogens (tertiary/aromatic N) is 2. The predicted molar refractivity (Wildman–Crippen MR) is 106 cm³/mol. The quantitative estimate of drug-likeness (QED) is 0.775. The van der Waals surface area contributed by atoms with Crippen molar-refractivity contribution in [2.45, 2.75) is 18.7 Å². The fourth-order valence-corrected chi connectivity index (χ4v) is 4.05. The van der Waals surface area contributed by atoms with E-state index in [1.165, 1.54) is 23.9 Å². The van der Waals surface area contributed by atoms with Crippen LogP contribution in [0.5, 0.6) is 0 Å². The Hall–Kier alpha value is -3.19. The van der Waals surface area contributed by atoms with Crippen molar-refractivity contribution in [3.63, 3.8) is 0 Å². The smallest absolute Gasteiger partial charge is 0.335 e. The van der Waals surface area contributed by atoms with Crippen LogP contribution >= 0.6 is 11.8 Å². The number of carbonyl (C=O) groups excluding carboxylic acids is 1. The maximum Gasteiger partial charge on any atom is 0.335 e. The first kappa shape index (κ1) is 17.2. The minimum absolute atomic E-state index is 0.0711. The molecule has 0 saturated carbocycles. The van der Waals surface area contributed by atoms with Gasteiger partial charge in [0, 0.05) is 4.90 Å². The topological polar surface area (TPSA) is 93.8 Å². The Labute approximate surface area is 159 Å². The van der Waals surface area contributed by atoms with Crippen LogP contribution in [-0.2, 0) is 4.79 Å². The number of carboxylic acid groups (broad SMARTS) is 1. The van der Waals surface area contributed by atoms with Crippen molar-refractivity contribution >= 4 is 46.4 Å². The lowest BCUT2D eigenvalue weighted by Gasteiger charge is -2.24. The number of amides is 1. The summed E-state index contributed by atoms with van der Waals surface area (Å²) in [6, 6.07) is 10.2. The summed E-state index contributed by atoms with van der Waals surface area (Å²) < 4.78 is 0. The highest BCUT2D eigenvalue weighted by atomic mass is 32.2. The molecule has 0 bridgehead atoms. The molecule has 2 aliphatic heterocycles. The highest BCUT2D eigenvalue weighted by Gasteiger charge is 2.37. The second-order valence-corrected chi connectivity index (χ2v) is 7.38. The molecule has 0 unspecified atom stereocenters. The second-order valence-electron chi connectivity index (χ2n) is 6.37. The molecule has 7 heteroatoms. The van der Waals surface area contributed by atoms with Crippen LogP contribution in [-0.4, -0.2) is 28.0 Å². The Morgan fingerprint density at radius 3 is 2.52 bits per heavy atom. The molecule has 2 aromatic rings. The fourth-order valence-electron chi connectivity index (χ4n) is 2.95. The van der Waals surface area contributed by atoms with Gasteiger partial charge >= 0.3 is 5.97 Å². The number of benzene rings is 2. The summed E-state index contributed by atoms with van der Waals surface area (Å²) >= 11 is 1.39. The van der Waals surface area contributed by atoms with Gasteiger partial charge in [-0.15, -0.1) is 0 Å². The van der Waals surface area contributed by atoms with Crippen LogP contribution in [0.3, 0.4) is 0 Å². The highest BCUT2D eigenvalue weighted by molar-refractivity contribution is 8.15. The van der Waals surface area contributed by atoms with Gasteiger partial charge in [-0.05, 0) is 72.6 Å². The molecular weight excluding hydrogens is 362 g/mol. The second kappa shape index (κ2) is 6.21. The number of amidine groups is 2. The summed E-state index contributed by atoms with van der Waals surface area (Å²) in [5.41, 5.74) is 4.08. The number of thioether (sulfide) groups is 1. The minimum Gasteiger partial charge on any atom is -0.478 e. The van der Waals surface area contributed by atoms with Crippen LogP contribution in [0.15, 0.2) is 51.9 Å². The summed E-state index contributed by atoms with van der Waals surface area (Å²) in [5.74, 6) is -1.41. The molecule has 0 saturated heterocycles. The largest absolute Gasteiger partial charge is 0.478 e. The number of hydrogen-bond acceptors (Lipinski definition) is 4. The molecule has 0 radical (unpaired) electrons. The van der Waals surface area contributed by atoms with Crippen molar-refractivity contribution < 1.29 is 14.7 Å². The SMILES string of the molecule is Cc1cc2c(cc1C)N1C(=N)C(=Cc3ccc(C(=O)O)cc3)C(=O)N=C1S2. The number of anilines is 1. The number of hydrogen-bond donors (Lipinski definition) is 2. The van der Waals surface area contributed by atoms with E-state index in [2.05, 4.69) is 4.99 Å². The number of carbonyl (C=O) groups is 2. The molecule has 1 amide bonds. The van der Waals surface area contributed by atoms with Crippen LogP contribution in [0.1, 0.15) is 27.0 Å². The third-order valence-corrected chi connectivity index (χ3v) is 5.59. The van der Waals surface area contributed by atoms with Gasteiger partial charge in [0.1, 0.15) is 5.84 Å². The standard InChI is InChI=1S/C20H15N3O3S/c1-10-7-15-16(8-11(10)2)27-20-22-18(24)14(17(21)23(15)20)9-12-3-5-13(6-4-12)19(25)26/h3-9,21H,1-2H3,(H,25,26). The molecule has 0 atom stereocenters. The number of aliphatic imine (C=N–C) groups is 1. The number of aryl methyl sites for hydroxylation is 2. The number of fused-ring (bicyclic) bond motifs is 3. The average Bonchev–Trinajstić information content (AvgIpc) is 2.96. The van der Waals surface area contributed by atoms with E-state index in [0.29, 0.717) is 10.7 Å². The van der Waals surface area contributed by atoms with Crippen LogP contribution in [0.2, 0.25) is 0 Å². The molecule has 4 rings (SSSR count). The lowest BCUT2D eigenvalue weighted by atomic mass is 10.0. The molecule has 134 valence electrons. The zero-order valence-corrected chi connectivity index (χ0v) is 15.4. The number of carboxylic acids is 1. The summed E-state index contributed by atoms with van der Waals surface area (Å²) in [7, 11) is 0. The minimum atomic E-state index is -1.01. The average molecular weight is 377 g/mol. The maximum atomic E-state index is 12.5. The van der Waals surface area contributed by atoms with E-state index >= 15 is 0 Å². The molecule has 6 nitrogen and oxygen atoms in total. The van der Waals surface area contributed by atoms with Gasteiger partial charge in [-0.2, -0.15) is 4.99 Å². The zero-order valence-electron chi connectivity index (χ0n) is 14.6. The number of rotatable bonds is 2.